The van der Waals surface area contributed by atoms with Crippen molar-refractivity contribution in [2.24, 2.45) is 11.8 Å². The fourth-order valence-electron chi connectivity index (χ4n) is 5.11. The van der Waals surface area contributed by atoms with E-state index in [-0.39, 0.29) is 30.3 Å². The third-order valence-corrected chi connectivity index (χ3v) is 6.63. The van der Waals surface area contributed by atoms with Crippen LogP contribution in [0.3, 0.4) is 0 Å². The first kappa shape index (κ1) is 23.3. The Morgan fingerprint density at radius 2 is 1.90 bits per heavy atom. The standard InChI is InChI=1S/C24H34N2O5/c1-3-31-24(30)20(14-13-17-9-5-4-6-10-17)25-16(2)22(27)26-15-18-11-7-8-12-19(18)21(26)23(28)29/h4-6,9-10,16,18-21,25H,3,7-8,11-15H2,1-2H3,(H,28,29)/t16-,18?,19?,20?,21-/m0/s1. The molecule has 31 heavy (non-hydrogen) atoms. The molecule has 2 aliphatic rings. The summed E-state index contributed by atoms with van der Waals surface area (Å²) in [5, 5.41) is 12.9. The predicted octanol–water partition coefficient (Wildman–Crippen LogP) is 2.63. The van der Waals surface area contributed by atoms with Gasteiger partial charge in [0.25, 0.3) is 0 Å². The molecule has 1 aromatic rings. The molecule has 1 amide bonds. The Labute approximate surface area is 184 Å². The minimum atomic E-state index is -0.930. The molecule has 1 aliphatic carbocycles. The zero-order chi connectivity index (χ0) is 22.4. The quantitative estimate of drug-likeness (QED) is 0.585. The van der Waals surface area contributed by atoms with Crippen molar-refractivity contribution in [3.63, 3.8) is 0 Å². The van der Waals surface area contributed by atoms with Crippen molar-refractivity contribution in [1.82, 2.24) is 10.2 Å². The van der Waals surface area contributed by atoms with Gasteiger partial charge in [-0.05, 0) is 56.9 Å². The number of rotatable bonds is 9. The third-order valence-electron chi connectivity index (χ3n) is 6.63. The Hall–Kier alpha value is -2.41. The van der Waals surface area contributed by atoms with Gasteiger partial charge in [-0.1, -0.05) is 43.2 Å². The molecule has 3 unspecified atom stereocenters. The second-order valence-corrected chi connectivity index (χ2v) is 8.70. The maximum absolute atomic E-state index is 13.2. The Balaban J connectivity index is 1.67. The number of carbonyl (C=O) groups excluding carboxylic acids is 2. The number of hydrogen-bond donors (Lipinski definition) is 2. The van der Waals surface area contributed by atoms with Gasteiger partial charge in [0.05, 0.1) is 12.6 Å². The molecule has 0 aromatic heterocycles. The molecule has 170 valence electrons. The summed E-state index contributed by atoms with van der Waals surface area (Å²) in [5.74, 6) is -1.29. The number of ether oxygens (including phenoxy) is 1. The minimum Gasteiger partial charge on any atom is -0.480 e. The number of aliphatic carboxylic acids is 1. The number of carbonyl (C=O) groups is 3. The lowest BCUT2D eigenvalue weighted by Crippen LogP contribution is -2.54. The lowest BCUT2D eigenvalue weighted by molar-refractivity contribution is -0.151. The number of esters is 1. The van der Waals surface area contributed by atoms with Crippen LogP contribution in [0.1, 0.15) is 51.5 Å². The first-order valence-electron chi connectivity index (χ1n) is 11.4. The van der Waals surface area contributed by atoms with Crippen molar-refractivity contribution >= 4 is 17.8 Å². The van der Waals surface area contributed by atoms with Gasteiger partial charge < -0.3 is 14.7 Å². The summed E-state index contributed by atoms with van der Waals surface area (Å²) in [7, 11) is 0. The number of carboxylic acids is 1. The predicted molar refractivity (Wildman–Crippen MR) is 116 cm³/mol. The normalized spacial score (nSPS) is 24.8. The van der Waals surface area contributed by atoms with Gasteiger partial charge in [-0.2, -0.15) is 0 Å². The van der Waals surface area contributed by atoms with E-state index in [9.17, 15) is 19.5 Å². The highest BCUT2D eigenvalue weighted by Crippen LogP contribution is 2.40. The van der Waals surface area contributed by atoms with Gasteiger partial charge in [0.2, 0.25) is 5.91 Å². The van der Waals surface area contributed by atoms with Crippen LogP contribution in [0, 0.1) is 11.8 Å². The van der Waals surface area contributed by atoms with Crippen LogP contribution in [0.2, 0.25) is 0 Å². The molecule has 1 saturated carbocycles. The average molecular weight is 431 g/mol. The minimum absolute atomic E-state index is 0.0290. The van der Waals surface area contributed by atoms with Gasteiger partial charge in [-0.3, -0.25) is 14.9 Å². The van der Waals surface area contributed by atoms with E-state index in [0.29, 0.717) is 19.4 Å². The Bertz CT molecular complexity index is 768. The van der Waals surface area contributed by atoms with Crippen LogP contribution >= 0.6 is 0 Å². The number of benzene rings is 1. The maximum atomic E-state index is 13.2. The van der Waals surface area contributed by atoms with Gasteiger partial charge in [-0.15, -0.1) is 0 Å². The monoisotopic (exact) mass is 430 g/mol. The first-order valence-corrected chi connectivity index (χ1v) is 11.4. The van der Waals surface area contributed by atoms with E-state index in [0.717, 1.165) is 31.2 Å². The highest BCUT2D eigenvalue weighted by atomic mass is 16.5. The van der Waals surface area contributed by atoms with E-state index >= 15 is 0 Å². The second-order valence-electron chi connectivity index (χ2n) is 8.70. The van der Waals surface area contributed by atoms with E-state index in [2.05, 4.69) is 5.32 Å². The number of aryl methyl sites for hydroxylation is 1. The van der Waals surface area contributed by atoms with E-state index in [4.69, 9.17) is 4.74 Å². The number of likely N-dealkylation sites (tertiary alicyclic amines) is 1. The summed E-state index contributed by atoms with van der Waals surface area (Å²) in [4.78, 5) is 39.3. The molecule has 0 bridgehead atoms. The van der Waals surface area contributed by atoms with Crippen molar-refractivity contribution in [2.75, 3.05) is 13.2 Å². The molecule has 5 atom stereocenters. The number of fused-ring (bicyclic) bond motifs is 1. The zero-order valence-electron chi connectivity index (χ0n) is 18.5. The molecular formula is C24H34N2O5. The van der Waals surface area contributed by atoms with Crippen LogP contribution in [0.15, 0.2) is 30.3 Å². The number of hydrogen-bond acceptors (Lipinski definition) is 5. The highest BCUT2D eigenvalue weighted by Gasteiger charge is 2.49. The van der Waals surface area contributed by atoms with Crippen LogP contribution < -0.4 is 5.32 Å². The number of nitrogens with one attached hydrogen (secondary N) is 1. The molecule has 2 N–H and O–H groups in total. The van der Waals surface area contributed by atoms with Crippen LogP contribution in [0.4, 0.5) is 0 Å². The highest BCUT2D eigenvalue weighted by molar-refractivity contribution is 5.88. The largest absolute Gasteiger partial charge is 0.480 e. The van der Waals surface area contributed by atoms with E-state index in [1.165, 1.54) is 4.90 Å². The van der Waals surface area contributed by atoms with Crippen molar-refractivity contribution < 1.29 is 24.2 Å². The van der Waals surface area contributed by atoms with Crippen molar-refractivity contribution in [1.29, 1.82) is 0 Å². The summed E-state index contributed by atoms with van der Waals surface area (Å²) in [6.07, 6.45) is 5.11. The Kier molecular flexibility index (Phi) is 8.07. The van der Waals surface area contributed by atoms with Crippen molar-refractivity contribution in [3.8, 4) is 0 Å². The summed E-state index contributed by atoms with van der Waals surface area (Å²) in [5.41, 5.74) is 1.10. The van der Waals surface area contributed by atoms with E-state index in [1.54, 1.807) is 13.8 Å². The SMILES string of the molecule is CCOC(=O)C(CCc1ccccc1)N[C@@H](C)C(=O)N1CC2CCCCC2[C@H]1C(=O)O. The lowest BCUT2D eigenvalue weighted by Gasteiger charge is -2.29. The Morgan fingerprint density at radius 1 is 1.19 bits per heavy atom. The fraction of sp³-hybridized carbons (Fsp3) is 0.625. The zero-order valence-corrected chi connectivity index (χ0v) is 18.5. The molecule has 0 radical (unpaired) electrons. The molecule has 2 fully saturated rings. The molecule has 7 heteroatoms. The molecule has 3 rings (SSSR count). The Morgan fingerprint density at radius 3 is 2.58 bits per heavy atom. The number of amides is 1. The summed E-state index contributed by atoms with van der Waals surface area (Å²) in [6, 6.07) is 7.77. The van der Waals surface area contributed by atoms with Gasteiger partial charge in [0.15, 0.2) is 0 Å². The summed E-state index contributed by atoms with van der Waals surface area (Å²) < 4.78 is 5.21. The smallest absolute Gasteiger partial charge is 0.326 e. The van der Waals surface area contributed by atoms with Crippen LogP contribution in [0.5, 0.6) is 0 Å². The molecular weight excluding hydrogens is 396 g/mol. The molecule has 0 spiro atoms. The van der Waals surface area contributed by atoms with Crippen LogP contribution in [0.25, 0.3) is 0 Å². The van der Waals surface area contributed by atoms with Crippen molar-refractivity contribution in [3.05, 3.63) is 35.9 Å². The molecule has 7 nitrogen and oxygen atoms in total. The topological polar surface area (TPSA) is 95.9 Å². The lowest BCUT2D eigenvalue weighted by atomic mass is 9.78. The van der Waals surface area contributed by atoms with Crippen molar-refractivity contribution in [2.45, 2.75) is 70.5 Å². The first-order chi connectivity index (χ1) is 14.9. The molecule has 1 aliphatic heterocycles. The average Bonchev–Trinajstić information content (AvgIpc) is 3.16. The van der Waals surface area contributed by atoms with Gasteiger partial charge in [-0.25, -0.2) is 4.79 Å². The fourth-order valence-corrected chi connectivity index (χ4v) is 5.11. The van der Waals surface area contributed by atoms with Gasteiger partial charge in [0, 0.05) is 6.54 Å². The number of carboxylic acid groups (broad SMARTS) is 1. The van der Waals surface area contributed by atoms with E-state index < -0.39 is 24.1 Å². The second kappa shape index (κ2) is 10.8. The molecule has 1 heterocycles. The number of nitrogens with zero attached hydrogens (tertiary/aromatic N) is 1. The molecule has 1 saturated heterocycles. The molecule has 1 aromatic carbocycles. The summed E-state index contributed by atoms with van der Waals surface area (Å²) in [6.45, 7) is 4.21. The van der Waals surface area contributed by atoms with Gasteiger partial charge >= 0.3 is 11.9 Å². The summed E-state index contributed by atoms with van der Waals surface area (Å²) >= 11 is 0. The van der Waals surface area contributed by atoms with Crippen LogP contribution in [-0.2, 0) is 25.5 Å². The van der Waals surface area contributed by atoms with Crippen LogP contribution in [-0.4, -0.2) is 59.1 Å². The van der Waals surface area contributed by atoms with Gasteiger partial charge in [0.1, 0.15) is 12.1 Å². The van der Waals surface area contributed by atoms with E-state index in [1.807, 2.05) is 30.3 Å². The third kappa shape index (κ3) is 5.64. The maximum Gasteiger partial charge on any atom is 0.326 e.